The Balaban J connectivity index is 2.40. The summed E-state index contributed by atoms with van der Waals surface area (Å²) >= 11 is 1.10. The molecule has 6 heteroatoms. The van der Waals surface area contributed by atoms with Crippen molar-refractivity contribution >= 4 is 17.7 Å². The zero-order chi connectivity index (χ0) is 14.3. The number of nitriles is 1. The summed E-state index contributed by atoms with van der Waals surface area (Å²) in [5, 5.41) is 8.41. The topological polar surface area (TPSA) is 44.1 Å². The number of halogens is 2. The molecular weight excluding hydrogens is 270 g/mol. The predicted molar refractivity (Wildman–Crippen MR) is 69.6 cm³/mol. The van der Waals surface area contributed by atoms with Gasteiger partial charge >= 0.3 is 0 Å². The van der Waals surface area contributed by atoms with Crippen molar-refractivity contribution in [3.63, 3.8) is 0 Å². The number of rotatable bonds is 6. The Kier molecular flexibility index (Phi) is 6.30. The normalized spacial score (nSPS) is 10.0. The summed E-state index contributed by atoms with van der Waals surface area (Å²) < 4.78 is 26.2. The average molecular weight is 284 g/mol. The third kappa shape index (κ3) is 5.26. The number of benzene rings is 1. The number of amides is 1. The zero-order valence-corrected chi connectivity index (χ0v) is 11.3. The number of carbonyl (C=O) groups is 1. The summed E-state index contributed by atoms with van der Waals surface area (Å²) in [5.41, 5.74) is 0. The molecule has 0 aliphatic rings. The molecule has 0 N–H and O–H groups in total. The first-order chi connectivity index (χ1) is 9.04. The molecule has 3 nitrogen and oxygen atoms in total. The Labute approximate surface area is 115 Å². The molecule has 0 aromatic heterocycles. The third-order valence-corrected chi connectivity index (χ3v) is 3.48. The van der Waals surface area contributed by atoms with E-state index in [1.165, 1.54) is 4.90 Å². The molecule has 0 spiro atoms. The van der Waals surface area contributed by atoms with E-state index in [2.05, 4.69) is 0 Å². The standard InChI is InChI=1S/C13H14F2N2OS/c1-17(7-2-6-16)13(18)5-8-19-12-9-10(14)3-4-11(12)15/h3-4,9H,2,5,7-8H2,1H3. The van der Waals surface area contributed by atoms with Gasteiger partial charge in [-0.1, -0.05) is 0 Å². The van der Waals surface area contributed by atoms with Gasteiger partial charge in [0.15, 0.2) is 0 Å². The van der Waals surface area contributed by atoms with Gasteiger partial charge < -0.3 is 4.90 Å². The maximum Gasteiger partial charge on any atom is 0.223 e. The van der Waals surface area contributed by atoms with Crippen LogP contribution in [0.4, 0.5) is 8.78 Å². The molecule has 1 amide bonds. The molecule has 19 heavy (non-hydrogen) atoms. The van der Waals surface area contributed by atoms with E-state index < -0.39 is 11.6 Å². The van der Waals surface area contributed by atoms with E-state index in [0.717, 1.165) is 30.0 Å². The highest BCUT2D eigenvalue weighted by molar-refractivity contribution is 7.99. The van der Waals surface area contributed by atoms with Crippen LogP contribution in [-0.4, -0.2) is 30.2 Å². The van der Waals surface area contributed by atoms with Crippen molar-refractivity contribution in [3.8, 4) is 6.07 Å². The minimum atomic E-state index is -0.499. The third-order valence-electron chi connectivity index (χ3n) is 2.45. The fourth-order valence-electron chi connectivity index (χ4n) is 1.37. The van der Waals surface area contributed by atoms with Crippen LogP contribution in [-0.2, 0) is 4.79 Å². The van der Waals surface area contributed by atoms with E-state index in [1.54, 1.807) is 7.05 Å². The van der Waals surface area contributed by atoms with Crippen LogP contribution in [0.3, 0.4) is 0 Å². The lowest BCUT2D eigenvalue weighted by atomic mass is 10.3. The number of carbonyl (C=O) groups excluding carboxylic acids is 1. The second kappa shape index (κ2) is 7.74. The van der Waals surface area contributed by atoms with Crippen LogP contribution in [0.2, 0.25) is 0 Å². The molecule has 1 aromatic carbocycles. The highest BCUT2D eigenvalue weighted by Gasteiger charge is 2.10. The van der Waals surface area contributed by atoms with Crippen molar-refractivity contribution in [1.82, 2.24) is 4.90 Å². The van der Waals surface area contributed by atoms with Crippen LogP contribution in [0.25, 0.3) is 0 Å². The molecule has 1 aromatic rings. The van der Waals surface area contributed by atoms with Gasteiger partial charge in [0.2, 0.25) is 5.91 Å². The summed E-state index contributed by atoms with van der Waals surface area (Å²) in [6.07, 6.45) is 0.510. The zero-order valence-electron chi connectivity index (χ0n) is 10.5. The summed E-state index contributed by atoms with van der Waals surface area (Å²) in [4.78, 5) is 13.3. The van der Waals surface area contributed by atoms with Crippen LogP contribution < -0.4 is 0 Å². The second-order valence-corrected chi connectivity index (χ2v) is 5.03. The molecule has 0 fully saturated rings. The SMILES string of the molecule is CN(CCC#N)C(=O)CCSc1cc(F)ccc1F. The first-order valence-corrected chi connectivity index (χ1v) is 6.72. The van der Waals surface area contributed by atoms with Crippen molar-refractivity contribution in [2.75, 3.05) is 19.3 Å². The van der Waals surface area contributed by atoms with Crippen molar-refractivity contribution in [2.45, 2.75) is 17.7 Å². The van der Waals surface area contributed by atoms with Crippen molar-refractivity contribution < 1.29 is 13.6 Å². The predicted octanol–water partition coefficient (Wildman–Crippen LogP) is 2.82. The monoisotopic (exact) mass is 284 g/mol. The molecule has 0 bridgehead atoms. The maximum absolute atomic E-state index is 13.3. The van der Waals surface area contributed by atoms with Crippen molar-refractivity contribution in [1.29, 1.82) is 5.26 Å². The van der Waals surface area contributed by atoms with Gasteiger partial charge in [0.25, 0.3) is 0 Å². The fraction of sp³-hybridized carbons (Fsp3) is 0.385. The highest BCUT2D eigenvalue weighted by Crippen LogP contribution is 2.23. The summed E-state index contributed by atoms with van der Waals surface area (Å²) in [6.45, 7) is 0.383. The molecule has 0 saturated heterocycles. The van der Waals surface area contributed by atoms with Gasteiger partial charge in [-0.25, -0.2) is 8.78 Å². The van der Waals surface area contributed by atoms with E-state index in [4.69, 9.17) is 5.26 Å². The molecule has 102 valence electrons. The molecule has 0 unspecified atom stereocenters. The fourth-order valence-corrected chi connectivity index (χ4v) is 2.27. The van der Waals surface area contributed by atoms with Crippen LogP contribution in [0, 0.1) is 23.0 Å². The lowest BCUT2D eigenvalue weighted by molar-refractivity contribution is -0.129. The molecular formula is C13H14F2N2OS. The van der Waals surface area contributed by atoms with Crippen molar-refractivity contribution in [3.05, 3.63) is 29.8 Å². The van der Waals surface area contributed by atoms with Gasteiger partial charge in [-0.2, -0.15) is 5.26 Å². The largest absolute Gasteiger partial charge is 0.345 e. The Morgan fingerprint density at radius 3 is 2.89 bits per heavy atom. The Morgan fingerprint density at radius 2 is 2.21 bits per heavy atom. The van der Waals surface area contributed by atoms with Crippen LogP contribution in [0.15, 0.2) is 23.1 Å². The van der Waals surface area contributed by atoms with Gasteiger partial charge in [0, 0.05) is 30.7 Å². The van der Waals surface area contributed by atoms with Crippen LogP contribution in [0.5, 0.6) is 0 Å². The molecule has 0 atom stereocenters. The van der Waals surface area contributed by atoms with Crippen LogP contribution >= 0.6 is 11.8 Å². The van der Waals surface area contributed by atoms with E-state index in [1.807, 2.05) is 6.07 Å². The Hall–Kier alpha value is -1.61. The Bertz CT molecular complexity index is 488. The van der Waals surface area contributed by atoms with Crippen LogP contribution in [0.1, 0.15) is 12.8 Å². The summed E-state index contributed by atoms with van der Waals surface area (Å²) in [6, 6.07) is 5.20. The van der Waals surface area contributed by atoms with E-state index in [-0.39, 0.29) is 23.6 Å². The quantitative estimate of drug-likeness (QED) is 0.754. The maximum atomic E-state index is 13.3. The number of hydrogen-bond acceptors (Lipinski definition) is 3. The number of hydrogen-bond donors (Lipinski definition) is 0. The van der Waals surface area contributed by atoms with Gasteiger partial charge in [0.05, 0.1) is 12.5 Å². The average Bonchev–Trinajstić information content (AvgIpc) is 2.39. The lowest BCUT2D eigenvalue weighted by Gasteiger charge is -2.15. The van der Waals surface area contributed by atoms with Gasteiger partial charge in [-0.05, 0) is 18.2 Å². The molecule has 0 heterocycles. The summed E-state index contributed by atoms with van der Waals surface area (Å²) in [5.74, 6) is -0.728. The first kappa shape index (κ1) is 15.4. The minimum absolute atomic E-state index is 0.112. The van der Waals surface area contributed by atoms with Gasteiger partial charge in [0.1, 0.15) is 11.6 Å². The van der Waals surface area contributed by atoms with E-state index in [0.29, 0.717) is 12.3 Å². The molecule has 0 saturated carbocycles. The van der Waals surface area contributed by atoms with Crippen molar-refractivity contribution in [2.24, 2.45) is 0 Å². The molecule has 0 radical (unpaired) electrons. The molecule has 0 aliphatic heterocycles. The lowest BCUT2D eigenvalue weighted by Crippen LogP contribution is -2.27. The first-order valence-electron chi connectivity index (χ1n) is 5.73. The summed E-state index contributed by atoms with van der Waals surface area (Å²) in [7, 11) is 1.62. The second-order valence-electron chi connectivity index (χ2n) is 3.90. The minimum Gasteiger partial charge on any atom is -0.345 e. The molecule has 0 aliphatic carbocycles. The van der Waals surface area contributed by atoms with E-state index >= 15 is 0 Å². The van der Waals surface area contributed by atoms with Gasteiger partial charge in [-0.3, -0.25) is 4.79 Å². The molecule has 1 rings (SSSR count). The smallest absolute Gasteiger partial charge is 0.223 e. The van der Waals surface area contributed by atoms with E-state index in [9.17, 15) is 13.6 Å². The highest BCUT2D eigenvalue weighted by atomic mass is 32.2. The number of thioether (sulfide) groups is 1. The van der Waals surface area contributed by atoms with Gasteiger partial charge in [-0.15, -0.1) is 11.8 Å². The number of nitrogens with zero attached hydrogens (tertiary/aromatic N) is 2. The Morgan fingerprint density at radius 1 is 1.47 bits per heavy atom.